The molecule has 0 aliphatic carbocycles. The van der Waals surface area contributed by atoms with Gasteiger partial charge in [-0.2, -0.15) is 4.98 Å². The van der Waals surface area contributed by atoms with Gasteiger partial charge in [0.2, 0.25) is 0 Å². The maximum absolute atomic E-state index is 10.6. The minimum absolute atomic E-state index is 0.205. The Labute approximate surface area is 99.2 Å². The molecule has 0 fully saturated rings. The number of aromatic nitrogens is 2. The zero-order valence-corrected chi connectivity index (χ0v) is 9.85. The average molecular weight is 283 g/mol. The largest absolute Gasteiger partial charge is 0.475 e. The number of carboxylic acid groups (broad SMARTS) is 1. The Morgan fingerprint density at radius 3 is 2.88 bits per heavy atom. The first kappa shape index (κ1) is 10.8. The first-order chi connectivity index (χ1) is 7.58. The number of halogens is 1. The Bertz CT molecular complexity index is 551. The lowest BCUT2D eigenvalue weighted by molar-refractivity contribution is 0.0680. The Morgan fingerprint density at radius 2 is 2.25 bits per heavy atom. The van der Waals surface area contributed by atoms with Crippen LogP contribution in [0.2, 0.25) is 0 Å². The fraction of sp³-hybridized carbons (Fsp3) is 0.100. The van der Waals surface area contributed by atoms with Gasteiger partial charge in [-0.15, -0.1) is 0 Å². The molecule has 82 valence electrons. The predicted molar refractivity (Wildman–Crippen MR) is 59.1 cm³/mol. The zero-order chi connectivity index (χ0) is 11.7. The fourth-order valence-electron chi connectivity index (χ4n) is 1.24. The molecule has 5 nitrogen and oxygen atoms in total. The van der Waals surface area contributed by atoms with Gasteiger partial charge >= 0.3 is 5.97 Å². The van der Waals surface area contributed by atoms with Crippen LogP contribution in [0.15, 0.2) is 27.2 Å². The summed E-state index contributed by atoms with van der Waals surface area (Å²) in [5.74, 6) is -1.34. The summed E-state index contributed by atoms with van der Waals surface area (Å²) in [6, 6.07) is 5.56. The van der Waals surface area contributed by atoms with Crippen molar-refractivity contribution in [3.8, 4) is 11.5 Å². The van der Waals surface area contributed by atoms with Crippen molar-refractivity contribution in [2.24, 2.45) is 0 Å². The number of carboxylic acids is 1. The Hall–Kier alpha value is -1.69. The third-order valence-electron chi connectivity index (χ3n) is 2.05. The van der Waals surface area contributed by atoms with Gasteiger partial charge in [0.25, 0.3) is 11.7 Å². The van der Waals surface area contributed by atoms with Crippen molar-refractivity contribution in [1.29, 1.82) is 0 Å². The van der Waals surface area contributed by atoms with E-state index < -0.39 is 5.97 Å². The summed E-state index contributed by atoms with van der Waals surface area (Å²) in [6.45, 7) is 1.88. The van der Waals surface area contributed by atoms with E-state index in [9.17, 15) is 4.79 Å². The van der Waals surface area contributed by atoms with Crippen LogP contribution in [0.5, 0.6) is 0 Å². The highest BCUT2D eigenvalue weighted by Gasteiger charge is 2.15. The van der Waals surface area contributed by atoms with Gasteiger partial charge in [-0.1, -0.05) is 22.0 Å². The van der Waals surface area contributed by atoms with Crippen LogP contribution in [0, 0.1) is 6.92 Å². The van der Waals surface area contributed by atoms with Crippen LogP contribution in [0.1, 0.15) is 16.2 Å². The van der Waals surface area contributed by atoms with Crippen LogP contribution in [-0.4, -0.2) is 21.2 Å². The third-order valence-corrected chi connectivity index (χ3v) is 2.54. The van der Waals surface area contributed by atoms with E-state index in [-0.39, 0.29) is 11.7 Å². The van der Waals surface area contributed by atoms with E-state index >= 15 is 0 Å². The van der Waals surface area contributed by atoms with Crippen molar-refractivity contribution in [1.82, 2.24) is 10.1 Å². The number of aryl methyl sites for hydroxylation is 1. The van der Waals surface area contributed by atoms with Crippen molar-refractivity contribution >= 4 is 21.9 Å². The van der Waals surface area contributed by atoms with E-state index in [1.165, 1.54) is 0 Å². The summed E-state index contributed by atoms with van der Waals surface area (Å²) in [5.41, 5.74) is 1.65. The molecule has 0 spiro atoms. The Balaban J connectivity index is 2.50. The maximum Gasteiger partial charge on any atom is 0.377 e. The fourth-order valence-corrected chi connectivity index (χ4v) is 1.61. The summed E-state index contributed by atoms with van der Waals surface area (Å²) < 4.78 is 5.75. The molecule has 0 saturated carbocycles. The molecule has 6 heteroatoms. The molecular formula is C10H7BrN2O3. The maximum atomic E-state index is 10.6. The van der Waals surface area contributed by atoms with Gasteiger partial charge in [-0.05, 0) is 29.8 Å². The number of aromatic carboxylic acids is 1. The highest BCUT2D eigenvalue weighted by Crippen LogP contribution is 2.25. The number of nitrogens with zero attached hydrogens (tertiary/aromatic N) is 2. The molecular weight excluding hydrogens is 276 g/mol. The molecule has 0 atom stereocenters. The summed E-state index contributed by atoms with van der Waals surface area (Å²) in [4.78, 5) is 14.4. The van der Waals surface area contributed by atoms with E-state index in [2.05, 4.69) is 26.1 Å². The van der Waals surface area contributed by atoms with Crippen LogP contribution < -0.4 is 0 Å². The molecule has 1 N–H and O–H groups in total. The second kappa shape index (κ2) is 4.05. The van der Waals surface area contributed by atoms with E-state index in [0.717, 1.165) is 15.6 Å². The van der Waals surface area contributed by atoms with Gasteiger partial charge in [0.05, 0.1) is 0 Å². The van der Waals surface area contributed by atoms with Gasteiger partial charge in [0, 0.05) is 10.0 Å². The molecule has 1 aromatic heterocycles. The quantitative estimate of drug-likeness (QED) is 0.916. The molecule has 0 aliphatic heterocycles. The number of rotatable bonds is 2. The molecule has 0 aliphatic rings. The summed E-state index contributed by atoms with van der Waals surface area (Å²) in [6.07, 6.45) is 0. The van der Waals surface area contributed by atoms with Gasteiger partial charge in [-0.25, -0.2) is 4.79 Å². The molecule has 0 unspecified atom stereocenters. The molecule has 0 saturated heterocycles. The second-order valence-corrected chi connectivity index (χ2v) is 4.10. The van der Waals surface area contributed by atoms with Gasteiger partial charge in [0.15, 0.2) is 0 Å². The number of hydrogen-bond acceptors (Lipinski definition) is 4. The summed E-state index contributed by atoms with van der Waals surface area (Å²) >= 11 is 3.32. The second-order valence-electron chi connectivity index (χ2n) is 3.19. The van der Waals surface area contributed by atoms with Gasteiger partial charge < -0.3 is 9.63 Å². The first-order valence-corrected chi connectivity index (χ1v) is 5.21. The SMILES string of the molecule is Cc1ccc(Br)cc1-c1nc(C(=O)O)no1. The van der Waals surface area contributed by atoms with Crippen LogP contribution >= 0.6 is 15.9 Å². The highest BCUT2D eigenvalue weighted by atomic mass is 79.9. The molecule has 2 aromatic rings. The normalized spacial score (nSPS) is 10.4. The average Bonchev–Trinajstić information content (AvgIpc) is 2.70. The molecule has 0 radical (unpaired) electrons. The van der Waals surface area contributed by atoms with Crippen molar-refractivity contribution < 1.29 is 14.4 Å². The van der Waals surface area contributed by atoms with Crippen LogP contribution in [0.4, 0.5) is 0 Å². The lowest BCUT2D eigenvalue weighted by Gasteiger charge is -2.00. The molecule has 0 amide bonds. The van der Waals surface area contributed by atoms with Crippen molar-refractivity contribution in [3.05, 3.63) is 34.1 Å². The summed E-state index contributed by atoms with van der Waals surface area (Å²) in [5, 5.41) is 12.0. The molecule has 16 heavy (non-hydrogen) atoms. The molecule has 0 bridgehead atoms. The highest BCUT2D eigenvalue weighted by molar-refractivity contribution is 9.10. The first-order valence-electron chi connectivity index (χ1n) is 4.41. The topological polar surface area (TPSA) is 76.2 Å². The van der Waals surface area contributed by atoms with Crippen molar-refractivity contribution in [2.45, 2.75) is 6.92 Å². The lowest BCUT2D eigenvalue weighted by atomic mass is 10.1. The van der Waals surface area contributed by atoms with E-state index in [1.54, 1.807) is 6.07 Å². The van der Waals surface area contributed by atoms with E-state index in [1.807, 2.05) is 19.1 Å². The predicted octanol–water partition coefficient (Wildman–Crippen LogP) is 2.51. The van der Waals surface area contributed by atoms with E-state index in [0.29, 0.717) is 0 Å². The zero-order valence-electron chi connectivity index (χ0n) is 8.27. The summed E-state index contributed by atoms with van der Waals surface area (Å²) in [7, 11) is 0. The van der Waals surface area contributed by atoms with Crippen molar-refractivity contribution in [2.75, 3.05) is 0 Å². The van der Waals surface area contributed by atoms with Gasteiger partial charge in [0.1, 0.15) is 0 Å². The van der Waals surface area contributed by atoms with Crippen LogP contribution in [-0.2, 0) is 0 Å². The van der Waals surface area contributed by atoms with Crippen LogP contribution in [0.3, 0.4) is 0 Å². The Morgan fingerprint density at radius 1 is 1.50 bits per heavy atom. The minimum atomic E-state index is -1.21. The number of benzene rings is 1. The lowest BCUT2D eigenvalue weighted by Crippen LogP contribution is -1.98. The Kier molecular flexibility index (Phi) is 2.74. The molecule has 1 aromatic carbocycles. The molecule has 2 rings (SSSR count). The van der Waals surface area contributed by atoms with Gasteiger partial charge in [-0.3, -0.25) is 0 Å². The smallest absolute Gasteiger partial charge is 0.377 e. The number of carbonyl (C=O) groups is 1. The van der Waals surface area contributed by atoms with E-state index in [4.69, 9.17) is 9.63 Å². The van der Waals surface area contributed by atoms with Crippen molar-refractivity contribution in [3.63, 3.8) is 0 Å². The molecule has 1 heterocycles. The standard InChI is InChI=1S/C10H7BrN2O3/c1-5-2-3-6(11)4-7(5)9-12-8(10(14)15)13-16-9/h2-4H,1H3,(H,14,15). The van der Waals surface area contributed by atoms with Crippen LogP contribution in [0.25, 0.3) is 11.5 Å². The third kappa shape index (κ3) is 1.96. The number of hydrogen-bond donors (Lipinski definition) is 1. The monoisotopic (exact) mass is 282 g/mol. The minimum Gasteiger partial charge on any atom is -0.475 e.